The quantitative estimate of drug-likeness (QED) is 0.476. The van der Waals surface area contributed by atoms with E-state index in [1.165, 1.54) is 0 Å². The molecule has 0 saturated carbocycles. The van der Waals surface area contributed by atoms with Crippen LogP contribution in [0.4, 0.5) is 0 Å². The summed E-state index contributed by atoms with van der Waals surface area (Å²) in [5.41, 5.74) is 0. The number of hydrogen-bond donors (Lipinski definition) is 2. The normalized spacial score (nSPS) is 13.0. The van der Waals surface area contributed by atoms with Crippen LogP contribution < -0.4 is 10.6 Å². The summed E-state index contributed by atoms with van der Waals surface area (Å²) in [7, 11) is 0. The number of allylic oxidation sites excluding steroid dienone is 1. The fraction of sp³-hybridized carbons (Fsp3) is 0.750. The molecular weight excluding hydrogens is 188 g/mol. The van der Waals surface area contributed by atoms with E-state index < -0.39 is 0 Å². The molecular formula is C12H24N2O. The molecule has 2 N–H and O–H groups in total. The van der Waals surface area contributed by atoms with Gasteiger partial charge < -0.3 is 10.6 Å². The number of amides is 1. The number of rotatable bonds is 8. The summed E-state index contributed by atoms with van der Waals surface area (Å²) in [6.07, 6.45) is 7.24. The minimum absolute atomic E-state index is 0.0939. The molecule has 0 aliphatic rings. The van der Waals surface area contributed by atoms with E-state index in [-0.39, 0.29) is 5.91 Å². The van der Waals surface area contributed by atoms with Gasteiger partial charge in [-0.15, -0.1) is 0 Å². The predicted molar refractivity (Wildman–Crippen MR) is 64.8 cm³/mol. The smallest absolute Gasteiger partial charge is 0.234 e. The molecule has 3 heteroatoms. The van der Waals surface area contributed by atoms with Crippen molar-refractivity contribution >= 4 is 5.91 Å². The molecule has 0 aromatic rings. The first-order valence-corrected chi connectivity index (χ1v) is 5.82. The van der Waals surface area contributed by atoms with Crippen LogP contribution in [0.25, 0.3) is 0 Å². The van der Waals surface area contributed by atoms with Gasteiger partial charge in [-0.1, -0.05) is 25.5 Å². The lowest BCUT2D eigenvalue weighted by atomic mass is 10.2. The van der Waals surface area contributed by atoms with Crippen molar-refractivity contribution in [2.75, 3.05) is 13.1 Å². The van der Waals surface area contributed by atoms with Crippen molar-refractivity contribution in [3.8, 4) is 0 Å². The molecule has 0 aromatic carbocycles. The Morgan fingerprint density at radius 2 is 2.20 bits per heavy atom. The molecule has 88 valence electrons. The van der Waals surface area contributed by atoms with Gasteiger partial charge in [0.15, 0.2) is 0 Å². The summed E-state index contributed by atoms with van der Waals surface area (Å²) < 4.78 is 0. The number of carbonyl (C=O) groups excluding carboxylic acids is 1. The molecule has 15 heavy (non-hydrogen) atoms. The van der Waals surface area contributed by atoms with Crippen molar-refractivity contribution in [1.29, 1.82) is 0 Å². The van der Waals surface area contributed by atoms with Crippen LogP contribution in [0.2, 0.25) is 0 Å². The third kappa shape index (κ3) is 9.47. The molecule has 0 radical (unpaired) electrons. The van der Waals surface area contributed by atoms with E-state index in [9.17, 15) is 4.79 Å². The standard InChI is InChI=1S/C12H24N2O/c1-4-6-7-9-13-10-12(15)14-11(3)8-5-2/h4,6,11,13H,5,7-10H2,1-3H3,(H,14,15)/b6-4+. The summed E-state index contributed by atoms with van der Waals surface area (Å²) in [4.78, 5) is 11.4. The minimum Gasteiger partial charge on any atom is -0.353 e. The number of nitrogens with one attached hydrogen (secondary N) is 2. The second-order valence-electron chi connectivity index (χ2n) is 3.79. The molecule has 0 aliphatic carbocycles. The van der Waals surface area contributed by atoms with Crippen LogP contribution in [-0.4, -0.2) is 25.0 Å². The molecule has 0 bridgehead atoms. The Morgan fingerprint density at radius 1 is 1.47 bits per heavy atom. The highest BCUT2D eigenvalue weighted by molar-refractivity contribution is 5.78. The van der Waals surface area contributed by atoms with Gasteiger partial charge in [0.05, 0.1) is 6.54 Å². The third-order valence-electron chi connectivity index (χ3n) is 2.14. The Labute approximate surface area is 93.3 Å². The Bertz CT molecular complexity index is 190. The molecule has 0 heterocycles. The van der Waals surface area contributed by atoms with Crippen LogP contribution in [0.1, 0.15) is 40.0 Å². The highest BCUT2D eigenvalue weighted by Gasteiger charge is 2.04. The first-order chi connectivity index (χ1) is 7.20. The van der Waals surface area contributed by atoms with Crippen molar-refractivity contribution in [1.82, 2.24) is 10.6 Å². The SMILES string of the molecule is C/C=C/CCNCC(=O)NC(C)CCC. The first kappa shape index (κ1) is 14.2. The van der Waals surface area contributed by atoms with Gasteiger partial charge in [0.25, 0.3) is 0 Å². The first-order valence-electron chi connectivity index (χ1n) is 5.82. The van der Waals surface area contributed by atoms with Gasteiger partial charge in [-0.3, -0.25) is 4.79 Å². The van der Waals surface area contributed by atoms with E-state index in [2.05, 4.69) is 23.6 Å². The topological polar surface area (TPSA) is 41.1 Å². The summed E-state index contributed by atoms with van der Waals surface area (Å²) >= 11 is 0. The van der Waals surface area contributed by atoms with Crippen LogP contribution in [0.15, 0.2) is 12.2 Å². The monoisotopic (exact) mass is 212 g/mol. The molecule has 0 aliphatic heterocycles. The highest BCUT2D eigenvalue weighted by Crippen LogP contribution is 1.93. The van der Waals surface area contributed by atoms with Crippen molar-refractivity contribution in [2.45, 2.75) is 46.1 Å². The maximum Gasteiger partial charge on any atom is 0.234 e. The molecule has 0 spiro atoms. The predicted octanol–water partition coefficient (Wildman–Crippen LogP) is 1.85. The van der Waals surface area contributed by atoms with Gasteiger partial charge in [-0.25, -0.2) is 0 Å². The number of hydrogen-bond acceptors (Lipinski definition) is 2. The fourth-order valence-corrected chi connectivity index (χ4v) is 1.39. The second-order valence-corrected chi connectivity index (χ2v) is 3.79. The van der Waals surface area contributed by atoms with Crippen molar-refractivity contribution < 1.29 is 4.79 Å². The summed E-state index contributed by atoms with van der Waals surface area (Å²) in [6.45, 7) is 7.45. The highest BCUT2D eigenvalue weighted by atomic mass is 16.1. The van der Waals surface area contributed by atoms with Gasteiger partial charge in [-0.2, -0.15) is 0 Å². The zero-order valence-corrected chi connectivity index (χ0v) is 10.2. The zero-order valence-electron chi connectivity index (χ0n) is 10.2. The Kier molecular flexibility index (Phi) is 9.18. The average molecular weight is 212 g/mol. The lowest BCUT2D eigenvalue weighted by Gasteiger charge is -2.12. The molecule has 1 atom stereocenters. The van der Waals surface area contributed by atoms with Gasteiger partial charge in [0.1, 0.15) is 0 Å². The summed E-state index contributed by atoms with van der Waals surface area (Å²) in [5, 5.41) is 6.06. The van der Waals surface area contributed by atoms with Crippen LogP contribution in [-0.2, 0) is 4.79 Å². The zero-order chi connectivity index (χ0) is 11.5. The third-order valence-corrected chi connectivity index (χ3v) is 2.14. The maximum absolute atomic E-state index is 11.4. The van der Waals surface area contributed by atoms with E-state index in [4.69, 9.17) is 0 Å². The van der Waals surface area contributed by atoms with E-state index in [1.807, 2.05) is 19.9 Å². The molecule has 3 nitrogen and oxygen atoms in total. The van der Waals surface area contributed by atoms with E-state index >= 15 is 0 Å². The van der Waals surface area contributed by atoms with E-state index in [0.29, 0.717) is 12.6 Å². The Hall–Kier alpha value is -0.830. The van der Waals surface area contributed by atoms with Gasteiger partial charge >= 0.3 is 0 Å². The van der Waals surface area contributed by atoms with Crippen molar-refractivity contribution in [3.63, 3.8) is 0 Å². The fourth-order valence-electron chi connectivity index (χ4n) is 1.39. The van der Waals surface area contributed by atoms with E-state index in [1.54, 1.807) is 0 Å². The second kappa shape index (κ2) is 9.71. The van der Waals surface area contributed by atoms with Crippen molar-refractivity contribution in [2.24, 2.45) is 0 Å². The van der Waals surface area contributed by atoms with Gasteiger partial charge in [0, 0.05) is 6.04 Å². The Morgan fingerprint density at radius 3 is 2.80 bits per heavy atom. The average Bonchev–Trinajstić information content (AvgIpc) is 2.17. The molecule has 1 unspecified atom stereocenters. The lowest BCUT2D eigenvalue weighted by molar-refractivity contribution is -0.120. The molecule has 0 fully saturated rings. The van der Waals surface area contributed by atoms with Gasteiger partial charge in [-0.05, 0) is 33.2 Å². The van der Waals surface area contributed by atoms with Crippen LogP contribution in [0.5, 0.6) is 0 Å². The minimum atomic E-state index is 0.0939. The van der Waals surface area contributed by atoms with Crippen LogP contribution in [0.3, 0.4) is 0 Å². The van der Waals surface area contributed by atoms with Crippen LogP contribution >= 0.6 is 0 Å². The molecule has 0 rings (SSSR count). The van der Waals surface area contributed by atoms with Crippen LogP contribution in [0, 0.1) is 0 Å². The van der Waals surface area contributed by atoms with Gasteiger partial charge in [0.2, 0.25) is 5.91 Å². The maximum atomic E-state index is 11.4. The molecule has 0 aromatic heterocycles. The Balaban J connectivity index is 3.40. The van der Waals surface area contributed by atoms with E-state index in [0.717, 1.165) is 25.8 Å². The lowest BCUT2D eigenvalue weighted by Crippen LogP contribution is -2.39. The summed E-state index contributed by atoms with van der Waals surface area (Å²) in [5.74, 6) is 0.0939. The summed E-state index contributed by atoms with van der Waals surface area (Å²) in [6, 6.07) is 0.292. The van der Waals surface area contributed by atoms with Crippen molar-refractivity contribution in [3.05, 3.63) is 12.2 Å². The molecule has 1 amide bonds. The largest absolute Gasteiger partial charge is 0.353 e. The molecule has 0 saturated heterocycles. The number of carbonyl (C=O) groups is 1.